The van der Waals surface area contributed by atoms with Crippen molar-refractivity contribution >= 4 is 55.2 Å². The Kier molecular flexibility index (Phi) is 11.0. The van der Waals surface area contributed by atoms with Crippen LogP contribution in [0.2, 0.25) is 0 Å². The van der Waals surface area contributed by atoms with Gasteiger partial charge in [0, 0.05) is 49.1 Å². The zero-order valence-corrected chi connectivity index (χ0v) is 36.3. The van der Waals surface area contributed by atoms with Gasteiger partial charge in [-0.1, -0.05) is 0 Å². The first-order valence-electron chi connectivity index (χ1n) is 21.0. The second kappa shape index (κ2) is 15.4. The highest BCUT2D eigenvalue weighted by molar-refractivity contribution is 7.85. The van der Waals surface area contributed by atoms with Crippen molar-refractivity contribution in [2.24, 2.45) is 11.5 Å². The second-order valence-electron chi connectivity index (χ2n) is 18.7. The van der Waals surface area contributed by atoms with Crippen LogP contribution in [0.15, 0.2) is 34.1 Å². The normalized spacial score (nSPS) is 31.0. The molecule has 4 heterocycles. The van der Waals surface area contributed by atoms with E-state index in [4.69, 9.17) is 16.0 Å². The number of pyridine rings is 2. The summed E-state index contributed by atoms with van der Waals surface area (Å²) >= 11 is 0. The van der Waals surface area contributed by atoms with Crippen molar-refractivity contribution < 1.29 is 59.1 Å². The van der Waals surface area contributed by atoms with Gasteiger partial charge in [0.2, 0.25) is 10.9 Å². The van der Waals surface area contributed by atoms with Gasteiger partial charge >= 0.3 is 11.9 Å². The maximum Gasteiger partial charge on any atom is 0.341 e. The van der Waals surface area contributed by atoms with E-state index in [1.807, 2.05) is 0 Å². The van der Waals surface area contributed by atoms with Crippen LogP contribution in [0.1, 0.15) is 95.3 Å². The third-order valence-electron chi connectivity index (χ3n) is 14.1. The molecule has 7 N–H and O–H groups in total. The number of hydrogen-bond donors (Lipinski definition) is 5. The van der Waals surface area contributed by atoms with Gasteiger partial charge in [-0.05, 0) is 75.6 Å². The lowest BCUT2D eigenvalue weighted by atomic mass is 9.89. The minimum atomic E-state index is -3.67. The van der Waals surface area contributed by atoms with Gasteiger partial charge in [-0.2, -0.15) is 8.42 Å². The first-order chi connectivity index (χ1) is 30.1. The number of anilines is 2. The Morgan fingerprint density at radius 1 is 0.692 bits per heavy atom. The van der Waals surface area contributed by atoms with E-state index in [0.717, 1.165) is 24.5 Å². The Morgan fingerprint density at radius 2 is 1.02 bits per heavy atom. The number of aromatic nitrogens is 2. The van der Waals surface area contributed by atoms with E-state index in [0.29, 0.717) is 55.9 Å². The predicted octanol–water partition coefficient (Wildman–Crippen LogP) is 5.18. The van der Waals surface area contributed by atoms with Gasteiger partial charge in [-0.15, -0.1) is 0 Å². The third kappa shape index (κ3) is 7.72. The van der Waals surface area contributed by atoms with E-state index in [2.05, 4.69) is 0 Å². The number of benzene rings is 2. The molecule has 0 amide bonds. The molecule has 65 heavy (non-hydrogen) atoms. The van der Waals surface area contributed by atoms with E-state index in [1.54, 1.807) is 23.6 Å². The largest absolute Gasteiger partial charge is 0.477 e. The van der Waals surface area contributed by atoms with Crippen molar-refractivity contribution in [3.63, 3.8) is 0 Å². The Labute approximate surface area is 367 Å². The van der Waals surface area contributed by atoms with E-state index < -0.39 is 103 Å². The summed E-state index contributed by atoms with van der Waals surface area (Å²) in [5.41, 5.74) is 6.08. The van der Waals surface area contributed by atoms with Crippen molar-refractivity contribution in [1.29, 1.82) is 0 Å². The molecule has 0 radical (unpaired) electrons. The number of rotatable bonds is 6. The quantitative estimate of drug-likeness (QED) is 0.124. The smallest absolute Gasteiger partial charge is 0.341 e. The summed E-state index contributed by atoms with van der Waals surface area (Å²) in [6, 6.07) is 0.741. The molecule has 22 heteroatoms. The molecule has 2 saturated heterocycles. The number of alkyl halides is 4. The summed E-state index contributed by atoms with van der Waals surface area (Å²) in [5.74, 6) is -4.40. The molecule has 2 aromatic carbocycles. The molecule has 4 aromatic rings. The van der Waals surface area contributed by atoms with Crippen LogP contribution in [0.5, 0.6) is 0 Å². The van der Waals surface area contributed by atoms with Crippen LogP contribution < -0.4 is 32.1 Å². The van der Waals surface area contributed by atoms with Crippen molar-refractivity contribution in [3.05, 3.63) is 78.9 Å². The van der Waals surface area contributed by atoms with E-state index in [-0.39, 0.29) is 72.2 Å². The van der Waals surface area contributed by atoms with Gasteiger partial charge in [-0.3, -0.25) is 14.1 Å². The molecule has 352 valence electrons. The average Bonchev–Trinajstić information content (AvgIpc) is 3.97. The maximum absolute atomic E-state index is 15.4. The van der Waals surface area contributed by atoms with Crippen LogP contribution in [-0.2, 0) is 10.1 Å². The number of hydrogen-bond acceptors (Lipinski definition) is 10. The molecular weight excluding hydrogens is 891 g/mol. The topological polar surface area (TPSA) is 231 Å². The molecule has 10 rings (SSSR count). The molecule has 6 aliphatic rings. The van der Waals surface area contributed by atoms with E-state index in [9.17, 15) is 46.6 Å². The first-order valence-corrected chi connectivity index (χ1v) is 22.9. The van der Waals surface area contributed by atoms with Crippen LogP contribution in [0.4, 0.5) is 37.7 Å². The van der Waals surface area contributed by atoms with Gasteiger partial charge in [-0.25, -0.2) is 35.9 Å². The number of fused-ring (bicyclic) bond motifs is 4. The number of nitrogens with zero attached hydrogens (tertiary/aromatic N) is 4. The maximum atomic E-state index is 15.4. The van der Waals surface area contributed by atoms with Crippen LogP contribution in [0.25, 0.3) is 21.8 Å². The zero-order valence-electron chi connectivity index (χ0n) is 35.5. The molecule has 15 nitrogen and oxygen atoms in total. The van der Waals surface area contributed by atoms with E-state index in [1.165, 1.54) is 9.13 Å². The summed E-state index contributed by atoms with van der Waals surface area (Å²) in [6.07, 6.45) is 4.01. The second-order valence-corrected chi connectivity index (χ2v) is 20.1. The number of carboxylic acid groups (broad SMARTS) is 2. The fourth-order valence-electron chi connectivity index (χ4n) is 10.8. The lowest BCUT2D eigenvalue weighted by Gasteiger charge is -2.27. The monoisotopic (exact) mass is 938 g/mol. The molecule has 8 atom stereocenters. The van der Waals surface area contributed by atoms with Gasteiger partial charge in [0.15, 0.2) is 0 Å². The number of carboxylic acids is 2. The SMILES string of the molecule is CS(=O)(=O)O.Cc1c(N2C[C@]3(N)CCC[C@]3(F)C2)c(F)cc2c(=O)c(C(=O)O)cn([C@@H]3C[C@@H]3F)c12.Cc1c(N2C[C@]3(N)CCC[C@]3(F)C2)c(F)cc2c(=O)c(C(=O)O)cn([C@@H]3C[C@@H]3F)c12. The molecule has 4 saturated carbocycles. The average molecular weight is 939 g/mol. The minimum Gasteiger partial charge on any atom is -0.477 e. The summed E-state index contributed by atoms with van der Waals surface area (Å²) in [4.78, 5) is 51.6. The van der Waals surface area contributed by atoms with Gasteiger partial charge < -0.3 is 40.6 Å². The number of aromatic carboxylic acids is 2. The van der Waals surface area contributed by atoms with Crippen molar-refractivity contribution in [2.75, 3.05) is 42.2 Å². The molecule has 2 aliphatic heterocycles. The van der Waals surface area contributed by atoms with Crippen LogP contribution in [-0.4, -0.2) is 111 Å². The Bertz CT molecular complexity index is 2730. The Morgan fingerprint density at radius 3 is 1.29 bits per heavy atom. The van der Waals surface area contributed by atoms with Crippen LogP contribution in [0, 0.1) is 25.5 Å². The minimum absolute atomic E-state index is 0.0562. The molecular formula is C43H48F6N6O9S. The van der Waals surface area contributed by atoms with E-state index >= 15 is 17.6 Å². The van der Waals surface area contributed by atoms with Crippen molar-refractivity contribution in [2.45, 2.75) is 112 Å². The van der Waals surface area contributed by atoms with Crippen LogP contribution >= 0.6 is 0 Å². The number of carbonyl (C=O) groups is 2. The third-order valence-corrected chi connectivity index (χ3v) is 14.1. The summed E-state index contributed by atoms with van der Waals surface area (Å²) in [5, 5.41) is 18.5. The Hall–Kier alpha value is -5.19. The predicted molar refractivity (Wildman–Crippen MR) is 228 cm³/mol. The zero-order chi connectivity index (χ0) is 47.7. The highest BCUT2D eigenvalue weighted by Gasteiger charge is 2.61. The molecule has 6 fully saturated rings. The first kappa shape index (κ1) is 46.3. The molecule has 0 bridgehead atoms. The highest BCUT2D eigenvalue weighted by Crippen LogP contribution is 2.51. The summed E-state index contributed by atoms with van der Waals surface area (Å²) in [6.45, 7) is 3.35. The number of nitrogens with two attached hydrogens (primary N) is 2. The summed E-state index contributed by atoms with van der Waals surface area (Å²) in [7, 11) is -3.67. The van der Waals surface area contributed by atoms with Crippen molar-refractivity contribution in [1.82, 2.24) is 9.13 Å². The van der Waals surface area contributed by atoms with Crippen LogP contribution in [0.3, 0.4) is 0 Å². The highest BCUT2D eigenvalue weighted by atomic mass is 32.2. The number of halogens is 6. The lowest BCUT2D eigenvalue weighted by Crippen LogP contribution is -2.53. The molecule has 0 spiro atoms. The van der Waals surface area contributed by atoms with Gasteiger partial charge in [0.05, 0.1) is 64.9 Å². The molecule has 0 unspecified atom stereocenters. The molecule has 2 aromatic heterocycles. The fraction of sp³-hybridized carbons (Fsp3) is 0.535. The summed E-state index contributed by atoms with van der Waals surface area (Å²) < 4.78 is 118. The Balaban J connectivity index is 0.000000161. The molecule has 4 aliphatic carbocycles. The van der Waals surface area contributed by atoms with Gasteiger partial charge in [0.25, 0.3) is 10.1 Å². The van der Waals surface area contributed by atoms with Crippen molar-refractivity contribution in [3.8, 4) is 0 Å². The van der Waals surface area contributed by atoms with Gasteiger partial charge in [0.1, 0.15) is 46.4 Å². The fourth-order valence-corrected chi connectivity index (χ4v) is 10.8. The lowest BCUT2D eigenvalue weighted by molar-refractivity contribution is 0.0684. The number of aryl methyl sites for hydroxylation is 2. The standard InChI is InChI=1S/2C21H22F3N3O3.CH4O3S/c2*1-10-16-11(18(28)12(19(29)30)7-27(16)15-6-13(15)22)5-14(23)17(10)26-8-20(24)3-2-4-21(20,25)9-26;1-5(2,3)4/h2*5,7,13,15H,2-4,6,8-9,25H2,1H3,(H,29,30);1H3,(H,2,3,4)/t2*13-,15+,20-,21+;/m00./s1.